The number of carbonyl (C=O) groups is 2. The first kappa shape index (κ1) is 18.0. The Kier molecular flexibility index (Phi) is 7.33. The Labute approximate surface area is 143 Å². The lowest BCUT2D eigenvalue weighted by Gasteiger charge is -2.13. The van der Waals surface area contributed by atoms with E-state index in [1.807, 2.05) is 24.3 Å². The summed E-state index contributed by atoms with van der Waals surface area (Å²) in [5.41, 5.74) is 3.12. The molecule has 2 rings (SSSR count). The Morgan fingerprint density at radius 1 is 1.12 bits per heavy atom. The third-order valence-electron chi connectivity index (χ3n) is 4.02. The molecule has 24 heavy (non-hydrogen) atoms. The molecule has 0 radical (unpaired) electrons. The molecule has 0 fully saturated rings. The highest BCUT2D eigenvalue weighted by atomic mass is 16.2. The second-order valence-electron chi connectivity index (χ2n) is 6.15. The first-order valence-electron chi connectivity index (χ1n) is 8.69. The zero-order valence-corrected chi connectivity index (χ0v) is 14.4. The van der Waals surface area contributed by atoms with Crippen molar-refractivity contribution in [2.24, 2.45) is 0 Å². The Morgan fingerprint density at radius 2 is 1.96 bits per heavy atom. The van der Waals surface area contributed by atoms with Crippen LogP contribution >= 0.6 is 0 Å². The average molecular weight is 329 g/mol. The van der Waals surface area contributed by atoms with Gasteiger partial charge in [0.15, 0.2) is 0 Å². The first-order valence-corrected chi connectivity index (χ1v) is 8.69. The third kappa shape index (κ3) is 6.86. The van der Waals surface area contributed by atoms with Gasteiger partial charge >= 0.3 is 0 Å². The molecule has 2 amide bonds. The maximum absolute atomic E-state index is 11.9. The number of benzene rings is 1. The molecular formula is C19H27N3O2. The molecule has 0 aliphatic heterocycles. The molecule has 5 nitrogen and oxygen atoms in total. The minimum atomic E-state index is -0.0976. The number of rotatable bonds is 8. The fourth-order valence-electron chi connectivity index (χ4n) is 2.81. The van der Waals surface area contributed by atoms with Gasteiger partial charge in [0, 0.05) is 37.8 Å². The Balaban J connectivity index is 1.63. The van der Waals surface area contributed by atoms with Gasteiger partial charge < -0.3 is 16.0 Å². The number of amides is 2. The van der Waals surface area contributed by atoms with Crippen LogP contribution in [0.3, 0.4) is 0 Å². The summed E-state index contributed by atoms with van der Waals surface area (Å²) in [5, 5.41) is 8.92. The van der Waals surface area contributed by atoms with Gasteiger partial charge in [-0.25, -0.2) is 0 Å². The fourth-order valence-corrected chi connectivity index (χ4v) is 2.81. The molecule has 0 saturated heterocycles. The highest BCUT2D eigenvalue weighted by Gasteiger charge is 2.05. The molecule has 0 saturated carbocycles. The van der Waals surface area contributed by atoms with Crippen LogP contribution in [0.4, 0.5) is 11.4 Å². The second kappa shape index (κ2) is 9.75. The topological polar surface area (TPSA) is 70.2 Å². The highest BCUT2D eigenvalue weighted by Crippen LogP contribution is 2.19. The van der Waals surface area contributed by atoms with E-state index >= 15 is 0 Å². The molecule has 1 aliphatic rings. The molecule has 1 aromatic rings. The van der Waals surface area contributed by atoms with Gasteiger partial charge in [0.05, 0.1) is 0 Å². The van der Waals surface area contributed by atoms with Crippen LogP contribution in [0.15, 0.2) is 35.9 Å². The quantitative estimate of drug-likeness (QED) is 0.640. The molecule has 0 unspecified atom stereocenters. The van der Waals surface area contributed by atoms with Crippen molar-refractivity contribution in [1.29, 1.82) is 0 Å². The fraction of sp³-hybridized carbons (Fsp3) is 0.474. The van der Waals surface area contributed by atoms with E-state index in [0.29, 0.717) is 13.0 Å². The first-order chi connectivity index (χ1) is 11.6. The van der Waals surface area contributed by atoms with Crippen LogP contribution in [-0.4, -0.2) is 24.9 Å². The molecule has 0 atom stereocenters. The van der Waals surface area contributed by atoms with E-state index in [2.05, 4.69) is 22.0 Å². The summed E-state index contributed by atoms with van der Waals surface area (Å²) in [6.07, 6.45) is 8.67. The van der Waals surface area contributed by atoms with Crippen molar-refractivity contribution >= 4 is 23.2 Å². The van der Waals surface area contributed by atoms with Gasteiger partial charge in [-0.3, -0.25) is 9.59 Å². The Morgan fingerprint density at radius 3 is 2.71 bits per heavy atom. The Bertz CT molecular complexity index is 596. The molecule has 0 heterocycles. The predicted octanol–water partition coefficient (Wildman–Crippen LogP) is 3.45. The van der Waals surface area contributed by atoms with Gasteiger partial charge in [-0.05, 0) is 50.3 Å². The van der Waals surface area contributed by atoms with Crippen LogP contribution in [0.25, 0.3) is 0 Å². The number of hydrogen-bond acceptors (Lipinski definition) is 3. The zero-order valence-electron chi connectivity index (χ0n) is 14.4. The summed E-state index contributed by atoms with van der Waals surface area (Å²) in [4.78, 5) is 22.9. The standard InChI is InChI=1S/C19H27N3O2/c1-15(23)22-18-9-5-8-17(14-18)20-13-11-19(24)21-12-10-16-6-3-2-4-7-16/h5-6,8-9,14,20H,2-4,7,10-13H2,1H3,(H,21,24)(H,22,23). The summed E-state index contributed by atoms with van der Waals surface area (Å²) in [6, 6.07) is 7.47. The molecule has 1 aliphatic carbocycles. The molecular weight excluding hydrogens is 302 g/mol. The van der Waals surface area contributed by atoms with Crippen LogP contribution in [0.2, 0.25) is 0 Å². The van der Waals surface area contributed by atoms with Crippen molar-refractivity contribution in [1.82, 2.24) is 5.32 Å². The largest absolute Gasteiger partial charge is 0.384 e. The van der Waals surface area contributed by atoms with Crippen molar-refractivity contribution in [2.75, 3.05) is 23.7 Å². The SMILES string of the molecule is CC(=O)Nc1cccc(NCCC(=O)NCCC2=CCCCC2)c1. The molecule has 130 valence electrons. The van der Waals surface area contributed by atoms with Crippen LogP contribution in [0.5, 0.6) is 0 Å². The highest BCUT2D eigenvalue weighted by molar-refractivity contribution is 5.89. The van der Waals surface area contributed by atoms with E-state index in [-0.39, 0.29) is 11.8 Å². The maximum atomic E-state index is 11.9. The van der Waals surface area contributed by atoms with Crippen molar-refractivity contribution < 1.29 is 9.59 Å². The van der Waals surface area contributed by atoms with E-state index in [1.54, 1.807) is 0 Å². The van der Waals surface area contributed by atoms with E-state index in [0.717, 1.165) is 24.3 Å². The van der Waals surface area contributed by atoms with Crippen LogP contribution in [0.1, 0.15) is 45.4 Å². The van der Waals surface area contributed by atoms with E-state index in [1.165, 1.54) is 38.2 Å². The van der Waals surface area contributed by atoms with Crippen LogP contribution in [0, 0.1) is 0 Å². The second-order valence-corrected chi connectivity index (χ2v) is 6.15. The van der Waals surface area contributed by atoms with E-state index in [9.17, 15) is 9.59 Å². The summed E-state index contributed by atoms with van der Waals surface area (Å²) >= 11 is 0. The summed E-state index contributed by atoms with van der Waals surface area (Å²) < 4.78 is 0. The minimum absolute atomic E-state index is 0.0666. The zero-order chi connectivity index (χ0) is 17.2. The molecule has 0 spiro atoms. The third-order valence-corrected chi connectivity index (χ3v) is 4.02. The normalized spacial score (nSPS) is 13.8. The number of nitrogens with one attached hydrogen (secondary N) is 3. The van der Waals surface area contributed by atoms with Crippen LogP contribution in [-0.2, 0) is 9.59 Å². The molecule has 3 N–H and O–H groups in total. The molecule has 1 aromatic carbocycles. The minimum Gasteiger partial charge on any atom is -0.384 e. The number of carbonyl (C=O) groups excluding carboxylic acids is 2. The van der Waals surface area contributed by atoms with Crippen molar-refractivity contribution in [3.8, 4) is 0 Å². The van der Waals surface area contributed by atoms with Gasteiger partial charge in [-0.15, -0.1) is 0 Å². The van der Waals surface area contributed by atoms with Gasteiger partial charge in [-0.1, -0.05) is 17.7 Å². The lowest BCUT2D eigenvalue weighted by atomic mass is 9.97. The van der Waals surface area contributed by atoms with Crippen molar-refractivity contribution in [3.05, 3.63) is 35.9 Å². The van der Waals surface area contributed by atoms with Crippen molar-refractivity contribution in [3.63, 3.8) is 0 Å². The maximum Gasteiger partial charge on any atom is 0.221 e. The summed E-state index contributed by atoms with van der Waals surface area (Å²) in [7, 11) is 0. The summed E-state index contributed by atoms with van der Waals surface area (Å²) in [5.74, 6) is -0.0310. The van der Waals surface area contributed by atoms with E-state index < -0.39 is 0 Å². The van der Waals surface area contributed by atoms with Gasteiger partial charge in [0.2, 0.25) is 11.8 Å². The number of hydrogen-bond donors (Lipinski definition) is 3. The Hall–Kier alpha value is -2.30. The van der Waals surface area contributed by atoms with Gasteiger partial charge in [0.25, 0.3) is 0 Å². The lowest BCUT2D eigenvalue weighted by Crippen LogP contribution is -2.26. The van der Waals surface area contributed by atoms with Gasteiger partial charge in [-0.2, -0.15) is 0 Å². The average Bonchev–Trinajstić information content (AvgIpc) is 2.55. The lowest BCUT2D eigenvalue weighted by molar-refractivity contribution is -0.120. The molecule has 0 bridgehead atoms. The van der Waals surface area contributed by atoms with Gasteiger partial charge in [0.1, 0.15) is 0 Å². The molecule has 0 aromatic heterocycles. The van der Waals surface area contributed by atoms with E-state index in [4.69, 9.17) is 0 Å². The molecule has 5 heteroatoms. The smallest absolute Gasteiger partial charge is 0.221 e. The summed E-state index contributed by atoms with van der Waals surface area (Å²) in [6.45, 7) is 2.77. The van der Waals surface area contributed by atoms with Crippen LogP contribution < -0.4 is 16.0 Å². The number of anilines is 2. The monoisotopic (exact) mass is 329 g/mol. The van der Waals surface area contributed by atoms with Crippen molar-refractivity contribution in [2.45, 2.75) is 45.4 Å². The predicted molar refractivity (Wildman–Crippen MR) is 98.0 cm³/mol. The number of allylic oxidation sites excluding steroid dienone is 1.